The molecular weight excluding hydrogens is 332 g/mol. The summed E-state index contributed by atoms with van der Waals surface area (Å²) in [5.41, 5.74) is 2.64. The van der Waals surface area contributed by atoms with Crippen LogP contribution in [0.3, 0.4) is 0 Å². The molecule has 6 heteroatoms. The Balaban J connectivity index is 1.44. The van der Waals surface area contributed by atoms with E-state index in [9.17, 15) is 4.79 Å². The summed E-state index contributed by atoms with van der Waals surface area (Å²) in [7, 11) is 0. The molecule has 0 N–H and O–H groups in total. The summed E-state index contributed by atoms with van der Waals surface area (Å²) in [6.45, 7) is 4.49. The first kappa shape index (κ1) is 16.6. The Morgan fingerprint density at radius 3 is 2.80 bits per heavy atom. The molecule has 0 unspecified atom stereocenters. The van der Waals surface area contributed by atoms with Crippen molar-refractivity contribution < 1.29 is 4.79 Å². The van der Waals surface area contributed by atoms with Crippen molar-refractivity contribution in [3.8, 4) is 0 Å². The lowest BCUT2D eigenvalue weighted by Crippen LogP contribution is -2.40. The van der Waals surface area contributed by atoms with Gasteiger partial charge in [-0.15, -0.1) is 10.2 Å². The first-order valence-electron chi connectivity index (χ1n) is 9.16. The first-order valence-corrected chi connectivity index (χ1v) is 10.0. The molecular formula is C19H24N4OS. The molecule has 0 saturated heterocycles. The topological polar surface area (TPSA) is 51.0 Å². The summed E-state index contributed by atoms with van der Waals surface area (Å²) in [6, 6.07) is 8.42. The van der Waals surface area contributed by atoms with Crippen LogP contribution in [0.25, 0.3) is 0 Å². The standard InChI is InChI=1S/C19H24N4OS/c1-14(25-19-21-20-17-9-3-2-6-11-23(17)19)18(24)22-12-10-15-7-4-5-8-16(15)13-22/h4-5,7-8,14H,2-3,6,9-13H2,1H3/t14-/m1/s1. The average Bonchev–Trinajstić information content (AvgIpc) is 2.87. The molecule has 2 aromatic rings. The molecule has 1 aromatic heterocycles. The number of fused-ring (bicyclic) bond motifs is 2. The third-order valence-electron chi connectivity index (χ3n) is 5.15. The number of aryl methyl sites for hydroxylation is 1. The van der Waals surface area contributed by atoms with E-state index < -0.39 is 0 Å². The van der Waals surface area contributed by atoms with E-state index in [2.05, 4.69) is 39.0 Å². The van der Waals surface area contributed by atoms with Crippen LogP contribution in [0.1, 0.15) is 43.1 Å². The van der Waals surface area contributed by atoms with Crippen molar-refractivity contribution in [3.05, 3.63) is 41.2 Å². The van der Waals surface area contributed by atoms with Gasteiger partial charge in [0.1, 0.15) is 5.82 Å². The van der Waals surface area contributed by atoms with Crippen LogP contribution in [0, 0.1) is 0 Å². The van der Waals surface area contributed by atoms with E-state index in [1.165, 1.54) is 30.4 Å². The highest BCUT2D eigenvalue weighted by atomic mass is 32.2. The van der Waals surface area contributed by atoms with Gasteiger partial charge in [-0.05, 0) is 37.3 Å². The normalized spacial score (nSPS) is 18.2. The van der Waals surface area contributed by atoms with E-state index in [1.807, 2.05) is 11.8 Å². The third kappa shape index (κ3) is 3.45. The number of hydrogen-bond donors (Lipinski definition) is 0. The monoisotopic (exact) mass is 356 g/mol. The number of benzene rings is 1. The van der Waals surface area contributed by atoms with E-state index in [4.69, 9.17) is 0 Å². The van der Waals surface area contributed by atoms with Crippen molar-refractivity contribution in [1.82, 2.24) is 19.7 Å². The van der Waals surface area contributed by atoms with E-state index in [-0.39, 0.29) is 11.2 Å². The largest absolute Gasteiger partial charge is 0.337 e. The van der Waals surface area contributed by atoms with Gasteiger partial charge in [-0.25, -0.2) is 0 Å². The molecule has 2 aliphatic heterocycles. The van der Waals surface area contributed by atoms with Crippen LogP contribution in [-0.2, 0) is 30.7 Å². The molecule has 25 heavy (non-hydrogen) atoms. The number of aromatic nitrogens is 3. The Hall–Kier alpha value is -1.82. The van der Waals surface area contributed by atoms with Crippen LogP contribution in [0.2, 0.25) is 0 Å². The minimum Gasteiger partial charge on any atom is -0.337 e. The lowest BCUT2D eigenvalue weighted by Gasteiger charge is -2.30. The Labute approximate surface area is 152 Å². The van der Waals surface area contributed by atoms with Gasteiger partial charge in [0.15, 0.2) is 5.16 Å². The number of rotatable bonds is 3. The molecule has 1 amide bonds. The van der Waals surface area contributed by atoms with E-state index in [0.29, 0.717) is 0 Å². The predicted molar refractivity (Wildman–Crippen MR) is 98.5 cm³/mol. The SMILES string of the molecule is C[C@@H](Sc1nnc2n1CCCCC2)C(=O)N1CCc2ccccc2C1. The smallest absolute Gasteiger partial charge is 0.236 e. The number of amides is 1. The first-order chi connectivity index (χ1) is 12.2. The maximum absolute atomic E-state index is 12.9. The maximum atomic E-state index is 12.9. The maximum Gasteiger partial charge on any atom is 0.236 e. The van der Waals surface area contributed by atoms with Gasteiger partial charge >= 0.3 is 0 Å². The Bertz CT molecular complexity index is 773. The number of carbonyl (C=O) groups excluding carboxylic acids is 1. The fourth-order valence-corrected chi connectivity index (χ4v) is 4.67. The number of nitrogens with zero attached hydrogens (tertiary/aromatic N) is 4. The van der Waals surface area contributed by atoms with Crippen molar-refractivity contribution in [2.75, 3.05) is 6.54 Å². The highest BCUT2D eigenvalue weighted by Crippen LogP contribution is 2.28. The van der Waals surface area contributed by atoms with Gasteiger partial charge in [0.05, 0.1) is 5.25 Å². The van der Waals surface area contributed by atoms with Gasteiger partial charge in [-0.2, -0.15) is 0 Å². The highest BCUT2D eigenvalue weighted by Gasteiger charge is 2.27. The van der Waals surface area contributed by atoms with Crippen molar-refractivity contribution in [1.29, 1.82) is 0 Å². The summed E-state index contributed by atoms with van der Waals surface area (Å²) in [5.74, 6) is 1.28. The molecule has 0 radical (unpaired) electrons. The van der Waals surface area contributed by atoms with Gasteiger partial charge in [0.2, 0.25) is 5.91 Å². The second-order valence-electron chi connectivity index (χ2n) is 6.90. The van der Waals surface area contributed by atoms with Crippen molar-refractivity contribution in [2.45, 2.75) is 62.5 Å². The van der Waals surface area contributed by atoms with Crippen molar-refractivity contribution in [2.24, 2.45) is 0 Å². The quantitative estimate of drug-likeness (QED) is 0.793. The summed E-state index contributed by atoms with van der Waals surface area (Å²) in [4.78, 5) is 14.9. The summed E-state index contributed by atoms with van der Waals surface area (Å²) < 4.78 is 2.22. The third-order valence-corrected chi connectivity index (χ3v) is 6.22. The zero-order chi connectivity index (χ0) is 17.2. The predicted octanol–water partition coefficient (Wildman–Crippen LogP) is 3.07. The highest BCUT2D eigenvalue weighted by molar-refractivity contribution is 8.00. The number of thioether (sulfide) groups is 1. The van der Waals surface area contributed by atoms with Crippen molar-refractivity contribution in [3.63, 3.8) is 0 Å². The Morgan fingerprint density at radius 2 is 1.92 bits per heavy atom. The molecule has 5 nitrogen and oxygen atoms in total. The van der Waals surface area contributed by atoms with E-state index in [1.54, 1.807) is 11.8 Å². The second kappa shape index (κ2) is 7.20. The lowest BCUT2D eigenvalue weighted by molar-refractivity contribution is -0.131. The molecule has 0 spiro atoms. The number of carbonyl (C=O) groups is 1. The molecule has 1 atom stereocenters. The van der Waals surface area contributed by atoms with E-state index >= 15 is 0 Å². The Morgan fingerprint density at radius 1 is 1.08 bits per heavy atom. The van der Waals surface area contributed by atoms with Gasteiger partial charge < -0.3 is 9.47 Å². The molecule has 0 aliphatic carbocycles. The molecule has 132 valence electrons. The fraction of sp³-hybridized carbons (Fsp3) is 0.526. The molecule has 3 heterocycles. The summed E-state index contributed by atoms with van der Waals surface area (Å²) in [5, 5.41) is 9.45. The molecule has 0 saturated carbocycles. The summed E-state index contributed by atoms with van der Waals surface area (Å²) in [6.07, 6.45) is 5.54. The minimum atomic E-state index is -0.137. The second-order valence-corrected chi connectivity index (χ2v) is 8.21. The molecule has 2 aliphatic rings. The minimum absolute atomic E-state index is 0.137. The number of hydrogen-bond acceptors (Lipinski definition) is 4. The van der Waals surface area contributed by atoms with Gasteiger partial charge in [0.25, 0.3) is 0 Å². The van der Waals surface area contributed by atoms with Crippen LogP contribution < -0.4 is 0 Å². The lowest BCUT2D eigenvalue weighted by atomic mass is 10.00. The molecule has 0 bridgehead atoms. The zero-order valence-electron chi connectivity index (χ0n) is 14.6. The van der Waals surface area contributed by atoms with Crippen LogP contribution in [0.15, 0.2) is 29.4 Å². The molecule has 1 aromatic carbocycles. The van der Waals surface area contributed by atoms with Crippen LogP contribution >= 0.6 is 11.8 Å². The van der Waals surface area contributed by atoms with Crippen LogP contribution in [-0.4, -0.2) is 37.4 Å². The van der Waals surface area contributed by atoms with Crippen LogP contribution in [0.5, 0.6) is 0 Å². The van der Waals surface area contributed by atoms with Gasteiger partial charge in [-0.3, -0.25) is 4.79 Å². The van der Waals surface area contributed by atoms with Crippen molar-refractivity contribution >= 4 is 17.7 Å². The average molecular weight is 356 g/mol. The van der Waals surface area contributed by atoms with Gasteiger partial charge in [0, 0.05) is 26.1 Å². The van der Waals surface area contributed by atoms with Gasteiger partial charge in [-0.1, -0.05) is 42.4 Å². The fourth-order valence-electron chi connectivity index (χ4n) is 3.69. The summed E-state index contributed by atoms with van der Waals surface area (Å²) >= 11 is 1.56. The van der Waals surface area contributed by atoms with Crippen LogP contribution in [0.4, 0.5) is 0 Å². The Kier molecular flexibility index (Phi) is 4.79. The van der Waals surface area contributed by atoms with E-state index in [0.717, 1.165) is 43.5 Å². The zero-order valence-corrected chi connectivity index (χ0v) is 15.5. The molecule has 0 fully saturated rings. The molecule has 4 rings (SSSR count).